The van der Waals surface area contributed by atoms with E-state index in [1.54, 1.807) is 18.2 Å². The maximum atomic E-state index is 13.0. The Bertz CT molecular complexity index is 795. The predicted octanol–water partition coefficient (Wildman–Crippen LogP) is 1.64. The average Bonchev–Trinajstić information content (AvgIpc) is 3.17. The van der Waals surface area contributed by atoms with Crippen LogP contribution >= 0.6 is 0 Å². The standard InChI is InChI=1S/C15H21NO4S2/c1-11-3-6-15(9-12(11)2)22(19,20)16(13-4-5-13)14-7-8-21(17,18)10-14/h3,6,9,13-14H,4-5,7-8,10H2,1-2H3. The minimum Gasteiger partial charge on any atom is -0.229 e. The molecule has 1 atom stereocenters. The number of hydrogen-bond donors (Lipinski definition) is 0. The van der Waals surface area contributed by atoms with Crippen molar-refractivity contribution in [1.82, 2.24) is 4.31 Å². The SMILES string of the molecule is Cc1ccc(S(=O)(=O)N(C2CC2)C2CCS(=O)(=O)C2)cc1C. The van der Waals surface area contributed by atoms with Gasteiger partial charge in [-0.3, -0.25) is 0 Å². The molecule has 1 saturated heterocycles. The van der Waals surface area contributed by atoms with E-state index >= 15 is 0 Å². The molecule has 1 aliphatic heterocycles. The second kappa shape index (κ2) is 5.32. The zero-order valence-electron chi connectivity index (χ0n) is 12.8. The Morgan fingerprint density at radius 3 is 2.23 bits per heavy atom. The summed E-state index contributed by atoms with van der Waals surface area (Å²) in [5.41, 5.74) is 1.97. The molecule has 1 heterocycles. The van der Waals surface area contributed by atoms with Crippen LogP contribution in [0.25, 0.3) is 0 Å². The summed E-state index contributed by atoms with van der Waals surface area (Å²) in [6.45, 7) is 3.82. The molecule has 2 fully saturated rings. The van der Waals surface area contributed by atoms with E-state index in [2.05, 4.69) is 0 Å². The van der Waals surface area contributed by atoms with Crippen molar-refractivity contribution in [3.8, 4) is 0 Å². The van der Waals surface area contributed by atoms with E-state index in [1.807, 2.05) is 13.8 Å². The van der Waals surface area contributed by atoms with Crippen molar-refractivity contribution in [2.75, 3.05) is 11.5 Å². The Hall–Kier alpha value is -0.920. The van der Waals surface area contributed by atoms with Crippen molar-refractivity contribution in [3.63, 3.8) is 0 Å². The van der Waals surface area contributed by atoms with Crippen LogP contribution in [0.5, 0.6) is 0 Å². The van der Waals surface area contributed by atoms with E-state index in [9.17, 15) is 16.8 Å². The van der Waals surface area contributed by atoms with Crippen LogP contribution in [0.4, 0.5) is 0 Å². The molecular formula is C15H21NO4S2. The number of benzene rings is 1. The zero-order valence-corrected chi connectivity index (χ0v) is 14.5. The van der Waals surface area contributed by atoms with Crippen LogP contribution in [0, 0.1) is 13.8 Å². The fourth-order valence-electron chi connectivity index (χ4n) is 2.99. The van der Waals surface area contributed by atoms with Crippen LogP contribution in [0.3, 0.4) is 0 Å². The fraction of sp³-hybridized carbons (Fsp3) is 0.600. The van der Waals surface area contributed by atoms with Crippen molar-refractivity contribution >= 4 is 19.9 Å². The molecule has 1 aromatic rings. The molecule has 5 nitrogen and oxygen atoms in total. The van der Waals surface area contributed by atoms with Crippen LogP contribution in [-0.4, -0.2) is 44.7 Å². The molecule has 0 spiro atoms. The van der Waals surface area contributed by atoms with Crippen molar-refractivity contribution in [3.05, 3.63) is 29.3 Å². The monoisotopic (exact) mass is 343 g/mol. The van der Waals surface area contributed by atoms with Gasteiger partial charge in [-0.1, -0.05) is 6.07 Å². The molecule has 1 aliphatic carbocycles. The van der Waals surface area contributed by atoms with Gasteiger partial charge in [-0.15, -0.1) is 0 Å². The summed E-state index contributed by atoms with van der Waals surface area (Å²) in [6.07, 6.45) is 2.05. The highest BCUT2D eigenvalue weighted by Crippen LogP contribution is 2.37. The maximum absolute atomic E-state index is 13.0. The van der Waals surface area contributed by atoms with Gasteiger partial charge in [-0.2, -0.15) is 4.31 Å². The lowest BCUT2D eigenvalue weighted by Gasteiger charge is -2.27. The van der Waals surface area contributed by atoms with E-state index in [0.29, 0.717) is 6.42 Å². The summed E-state index contributed by atoms with van der Waals surface area (Å²) in [4.78, 5) is 0.270. The zero-order chi connectivity index (χ0) is 16.1. The molecule has 0 N–H and O–H groups in total. The second-order valence-corrected chi connectivity index (χ2v) is 10.4. The van der Waals surface area contributed by atoms with Gasteiger partial charge in [0, 0.05) is 12.1 Å². The molecule has 1 unspecified atom stereocenters. The molecule has 3 rings (SSSR count). The first kappa shape index (κ1) is 16.0. The fourth-order valence-corrected chi connectivity index (χ4v) is 6.78. The van der Waals surface area contributed by atoms with E-state index in [-0.39, 0.29) is 22.4 Å². The van der Waals surface area contributed by atoms with Gasteiger partial charge in [0.15, 0.2) is 9.84 Å². The first-order valence-corrected chi connectivity index (χ1v) is 10.8. The van der Waals surface area contributed by atoms with Gasteiger partial charge in [-0.25, -0.2) is 16.8 Å². The highest BCUT2D eigenvalue weighted by molar-refractivity contribution is 7.92. The van der Waals surface area contributed by atoms with Gasteiger partial charge in [0.1, 0.15) is 0 Å². The molecule has 0 bridgehead atoms. The number of hydrogen-bond acceptors (Lipinski definition) is 4. The van der Waals surface area contributed by atoms with Gasteiger partial charge >= 0.3 is 0 Å². The number of sulfonamides is 1. The lowest BCUT2D eigenvalue weighted by atomic mass is 10.1. The average molecular weight is 343 g/mol. The van der Waals surface area contributed by atoms with E-state index in [0.717, 1.165) is 24.0 Å². The highest BCUT2D eigenvalue weighted by atomic mass is 32.2. The number of sulfone groups is 1. The third kappa shape index (κ3) is 2.94. The topological polar surface area (TPSA) is 71.5 Å². The summed E-state index contributed by atoms with van der Waals surface area (Å²) < 4.78 is 50.9. The number of aryl methyl sites for hydroxylation is 2. The van der Waals surface area contributed by atoms with E-state index in [4.69, 9.17) is 0 Å². The Morgan fingerprint density at radius 2 is 1.73 bits per heavy atom. The molecule has 1 saturated carbocycles. The Kier molecular flexibility index (Phi) is 3.86. The first-order chi connectivity index (χ1) is 10.2. The minimum absolute atomic E-state index is 0.0371. The Morgan fingerprint density at radius 1 is 1.05 bits per heavy atom. The van der Waals surface area contributed by atoms with Crippen LogP contribution in [0.15, 0.2) is 23.1 Å². The third-order valence-corrected chi connectivity index (χ3v) is 8.28. The van der Waals surface area contributed by atoms with Crippen molar-refractivity contribution in [1.29, 1.82) is 0 Å². The molecule has 1 aromatic carbocycles. The van der Waals surface area contributed by atoms with Gasteiger partial charge in [0.2, 0.25) is 10.0 Å². The Balaban J connectivity index is 1.98. The molecule has 2 aliphatic rings. The van der Waals surface area contributed by atoms with E-state index < -0.39 is 25.9 Å². The van der Waals surface area contributed by atoms with Gasteiger partial charge in [-0.05, 0) is 56.4 Å². The molecule has 0 aromatic heterocycles. The highest BCUT2D eigenvalue weighted by Gasteiger charge is 2.46. The number of nitrogens with zero attached hydrogens (tertiary/aromatic N) is 1. The quantitative estimate of drug-likeness (QED) is 0.833. The predicted molar refractivity (Wildman–Crippen MR) is 85.0 cm³/mol. The second-order valence-electron chi connectivity index (χ2n) is 6.37. The first-order valence-electron chi connectivity index (χ1n) is 7.52. The molecule has 122 valence electrons. The summed E-state index contributed by atoms with van der Waals surface area (Å²) >= 11 is 0. The summed E-state index contributed by atoms with van der Waals surface area (Å²) in [5, 5.41) is 0. The smallest absolute Gasteiger partial charge is 0.229 e. The molecule has 0 amide bonds. The van der Waals surface area contributed by atoms with Crippen LogP contribution in [-0.2, 0) is 19.9 Å². The van der Waals surface area contributed by atoms with Crippen molar-refractivity contribution in [2.45, 2.75) is 50.1 Å². The van der Waals surface area contributed by atoms with Crippen LogP contribution in [0.1, 0.15) is 30.4 Å². The lowest BCUT2D eigenvalue weighted by molar-refractivity contribution is 0.332. The number of rotatable bonds is 4. The van der Waals surface area contributed by atoms with Crippen molar-refractivity contribution < 1.29 is 16.8 Å². The molecule has 7 heteroatoms. The normalized spacial score (nSPS) is 24.8. The largest absolute Gasteiger partial charge is 0.243 e. The molecule has 22 heavy (non-hydrogen) atoms. The maximum Gasteiger partial charge on any atom is 0.243 e. The van der Waals surface area contributed by atoms with Gasteiger partial charge < -0.3 is 0 Å². The molecular weight excluding hydrogens is 322 g/mol. The minimum atomic E-state index is -3.64. The Labute approximate surface area is 132 Å². The summed E-state index contributed by atoms with van der Waals surface area (Å²) in [6, 6.07) is 4.66. The lowest BCUT2D eigenvalue weighted by Crippen LogP contribution is -2.42. The van der Waals surface area contributed by atoms with Crippen LogP contribution < -0.4 is 0 Å². The van der Waals surface area contributed by atoms with Crippen molar-refractivity contribution in [2.24, 2.45) is 0 Å². The molecule has 0 radical (unpaired) electrons. The third-order valence-electron chi connectivity index (χ3n) is 4.53. The van der Waals surface area contributed by atoms with E-state index in [1.165, 1.54) is 4.31 Å². The summed E-state index contributed by atoms with van der Waals surface area (Å²) in [5.74, 6) is 0.0386. The van der Waals surface area contributed by atoms with Gasteiger partial charge in [0.05, 0.1) is 16.4 Å². The summed E-state index contributed by atoms with van der Waals surface area (Å²) in [7, 11) is -6.75. The van der Waals surface area contributed by atoms with Gasteiger partial charge in [0.25, 0.3) is 0 Å². The van der Waals surface area contributed by atoms with Crippen LogP contribution in [0.2, 0.25) is 0 Å².